The first-order valence-electron chi connectivity index (χ1n) is 13.5. The number of sulfone groups is 1. The van der Waals surface area contributed by atoms with Crippen molar-refractivity contribution in [3.05, 3.63) is 111 Å². The van der Waals surface area contributed by atoms with Gasteiger partial charge in [0.05, 0.1) is 10.9 Å². The lowest BCUT2D eigenvalue weighted by molar-refractivity contribution is 0.0949. The summed E-state index contributed by atoms with van der Waals surface area (Å²) in [5.41, 5.74) is 3.93. The smallest absolute Gasteiger partial charge is 0.251 e. The van der Waals surface area contributed by atoms with Gasteiger partial charge in [0.25, 0.3) is 5.91 Å². The van der Waals surface area contributed by atoms with Crippen molar-refractivity contribution in [3.8, 4) is 0 Å². The van der Waals surface area contributed by atoms with Gasteiger partial charge in [-0.1, -0.05) is 59.6 Å². The first kappa shape index (κ1) is 28.8. The van der Waals surface area contributed by atoms with Gasteiger partial charge in [-0.15, -0.1) is 0 Å². The van der Waals surface area contributed by atoms with E-state index in [9.17, 15) is 13.2 Å². The van der Waals surface area contributed by atoms with Crippen LogP contribution in [0.15, 0.2) is 78.4 Å². The molecule has 0 radical (unpaired) electrons. The molecule has 1 N–H and O–H groups in total. The summed E-state index contributed by atoms with van der Waals surface area (Å²) in [5.74, 6) is -0.195. The maximum Gasteiger partial charge on any atom is 0.251 e. The van der Waals surface area contributed by atoms with E-state index in [4.69, 9.17) is 23.2 Å². The highest BCUT2D eigenvalue weighted by atomic mass is 35.5. The number of rotatable bonds is 9. The van der Waals surface area contributed by atoms with Crippen LogP contribution in [0.4, 0.5) is 0 Å². The van der Waals surface area contributed by atoms with E-state index in [-0.39, 0.29) is 11.9 Å². The molecule has 0 aromatic heterocycles. The van der Waals surface area contributed by atoms with Crippen molar-refractivity contribution in [2.45, 2.75) is 18.9 Å². The third kappa shape index (κ3) is 6.78. The molecule has 0 unspecified atom stereocenters. The quantitative estimate of drug-likeness (QED) is 0.343. The van der Waals surface area contributed by atoms with Crippen LogP contribution in [-0.4, -0.2) is 69.6 Å². The standard InChI is InChI=1S/C31H33Cl2N3O3S/c1-40(38,39)30(24-5-4-6-25(19-24)31(37)34-15-18-35-16-2-3-17-35)26-20-36(21-26)29(22-7-11-27(32)12-8-22)23-9-13-28(33)14-10-23/h4-14,19,29H,2-3,15-18,20-21H2,1H3,(H,34,37). The number of hydrogen-bond donors (Lipinski definition) is 1. The molecule has 40 heavy (non-hydrogen) atoms. The largest absolute Gasteiger partial charge is 0.351 e. The molecule has 0 bridgehead atoms. The number of hydrogen-bond acceptors (Lipinski definition) is 5. The van der Waals surface area contributed by atoms with E-state index in [1.165, 1.54) is 19.1 Å². The lowest BCUT2D eigenvalue weighted by Gasteiger charge is -2.42. The molecule has 2 aliphatic rings. The van der Waals surface area contributed by atoms with Crippen LogP contribution in [0.25, 0.3) is 4.91 Å². The molecule has 0 saturated carbocycles. The van der Waals surface area contributed by atoms with Crippen molar-refractivity contribution in [2.24, 2.45) is 0 Å². The molecule has 2 fully saturated rings. The van der Waals surface area contributed by atoms with Gasteiger partial charge in [-0.2, -0.15) is 0 Å². The van der Waals surface area contributed by atoms with Crippen LogP contribution < -0.4 is 5.32 Å². The van der Waals surface area contributed by atoms with Crippen LogP contribution in [0.5, 0.6) is 0 Å². The Bertz CT molecular complexity index is 1450. The highest BCUT2D eigenvalue weighted by Crippen LogP contribution is 2.38. The van der Waals surface area contributed by atoms with Gasteiger partial charge in [-0.25, -0.2) is 8.42 Å². The summed E-state index contributed by atoms with van der Waals surface area (Å²) < 4.78 is 26.1. The molecular formula is C31H33Cl2N3O3S. The van der Waals surface area contributed by atoms with Crippen molar-refractivity contribution in [1.29, 1.82) is 0 Å². The number of amides is 1. The van der Waals surface area contributed by atoms with Crippen LogP contribution >= 0.6 is 23.2 Å². The third-order valence-corrected chi connectivity index (χ3v) is 9.29. The van der Waals surface area contributed by atoms with Gasteiger partial charge in [0.15, 0.2) is 9.84 Å². The molecule has 210 valence electrons. The Morgan fingerprint density at radius 2 is 1.43 bits per heavy atom. The predicted molar refractivity (Wildman–Crippen MR) is 163 cm³/mol. The molecule has 0 aliphatic carbocycles. The van der Waals surface area contributed by atoms with Gasteiger partial charge in [0.1, 0.15) is 0 Å². The van der Waals surface area contributed by atoms with Crippen molar-refractivity contribution in [1.82, 2.24) is 15.1 Å². The molecular weight excluding hydrogens is 565 g/mol. The summed E-state index contributed by atoms with van der Waals surface area (Å²) in [4.78, 5) is 17.7. The first-order chi connectivity index (χ1) is 19.2. The minimum Gasteiger partial charge on any atom is -0.351 e. The van der Waals surface area contributed by atoms with Gasteiger partial charge in [-0.05, 0) is 84.6 Å². The fraction of sp³-hybridized carbons (Fsp3) is 0.323. The number of carbonyl (C=O) groups excluding carboxylic acids is 1. The number of halogens is 2. The SMILES string of the molecule is CS(=O)(=O)C(=C1CN(C(c2ccc(Cl)cc2)c2ccc(Cl)cc2)C1)c1cccc(C(=O)NCCN2CCCC2)c1. The molecule has 2 heterocycles. The van der Waals surface area contributed by atoms with Gasteiger partial charge in [-0.3, -0.25) is 9.69 Å². The average Bonchev–Trinajstić information content (AvgIpc) is 3.42. The van der Waals surface area contributed by atoms with E-state index in [1.807, 2.05) is 48.5 Å². The number of likely N-dealkylation sites (tertiary alicyclic amines) is 2. The zero-order valence-corrected chi connectivity index (χ0v) is 24.8. The minimum absolute atomic E-state index is 0.0909. The summed E-state index contributed by atoms with van der Waals surface area (Å²) in [6.07, 6.45) is 3.64. The molecule has 3 aromatic carbocycles. The van der Waals surface area contributed by atoms with Crippen LogP contribution in [-0.2, 0) is 9.84 Å². The molecule has 2 aliphatic heterocycles. The molecule has 5 rings (SSSR count). The molecule has 2 saturated heterocycles. The summed E-state index contributed by atoms with van der Waals surface area (Å²) in [6.45, 7) is 4.49. The zero-order chi connectivity index (χ0) is 28.3. The second kappa shape index (κ2) is 12.5. The Kier molecular flexibility index (Phi) is 8.98. The Hall–Kier alpha value is -2.68. The lowest BCUT2D eigenvalue weighted by Crippen LogP contribution is -2.44. The van der Waals surface area contributed by atoms with Gasteiger partial charge < -0.3 is 10.2 Å². The van der Waals surface area contributed by atoms with Crippen molar-refractivity contribution in [2.75, 3.05) is 45.5 Å². The molecule has 6 nitrogen and oxygen atoms in total. The Balaban J connectivity index is 1.38. The van der Waals surface area contributed by atoms with E-state index in [0.29, 0.717) is 45.7 Å². The van der Waals surface area contributed by atoms with Crippen LogP contribution in [0, 0.1) is 0 Å². The van der Waals surface area contributed by atoms with E-state index in [0.717, 1.165) is 36.3 Å². The lowest BCUT2D eigenvalue weighted by atomic mass is 9.92. The molecule has 0 spiro atoms. The van der Waals surface area contributed by atoms with Crippen LogP contribution in [0.1, 0.15) is 45.9 Å². The second-order valence-corrected chi connectivity index (χ2v) is 13.3. The summed E-state index contributed by atoms with van der Waals surface area (Å²) >= 11 is 12.3. The maximum absolute atomic E-state index is 13.0. The normalized spacial score (nSPS) is 16.2. The fourth-order valence-corrected chi connectivity index (χ4v) is 7.05. The van der Waals surface area contributed by atoms with E-state index in [1.54, 1.807) is 24.3 Å². The predicted octanol–water partition coefficient (Wildman–Crippen LogP) is 5.68. The monoisotopic (exact) mass is 597 g/mol. The summed E-state index contributed by atoms with van der Waals surface area (Å²) in [6, 6.07) is 22.3. The Morgan fingerprint density at radius 1 is 0.875 bits per heavy atom. The molecule has 9 heteroatoms. The van der Waals surface area contributed by atoms with Crippen LogP contribution in [0.3, 0.4) is 0 Å². The van der Waals surface area contributed by atoms with Crippen LogP contribution in [0.2, 0.25) is 10.0 Å². The van der Waals surface area contributed by atoms with Gasteiger partial charge >= 0.3 is 0 Å². The first-order valence-corrected chi connectivity index (χ1v) is 16.1. The highest BCUT2D eigenvalue weighted by molar-refractivity contribution is 8.00. The van der Waals surface area contributed by atoms with Gasteiger partial charge in [0, 0.05) is 48.0 Å². The highest BCUT2D eigenvalue weighted by Gasteiger charge is 2.34. The average molecular weight is 599 g/mol. The molecule has 0 atom stereocenters. The maximum atomic E-state index is 13.0. The molecule has 3 aromatic rings. The number of nitrogens with one attached hydrogen (secondary N) is 1. The Labute approximate surface area is 246 Å². The number of benzene rings is 3. The number of carbonyl (C=O) groups is 1. The fourth-order valence-electron chi connectivity index (χ4n) is 5.59. The summed E-state index contributed by atoms with van der Waals surface area (Å²) in [7, 11) is -3.56. The number of nitrogens with zero attached hydrogens (tertiary/aromatic N) is 2. The minimum atomic E-state index is -3.56. The zero-order valence-electron chi connectivity index (χ0n) is 22.4. The second-order valence-electron chi connectivity index (χ2n) is 10.5. The van der Waals surface area contributed by atoms with Crippen molar-refractivity contribution < 1.29 is 13.2 Å². The van der Waals surface area contributed by atoms with Crippen molar-refractivity contribution in [3.63, 3.8) is 0 Å². The van der Waals surface area contributed by atoms with Gasteiger partial charge in [0.2, 0.25) is 0 Å². The molecule has 1 amide bonds. The Morgan fingerprint density at radius 3 is 1.98 bits per heavy atom. The summed E-state index contributed by atoms with van der Waals surface area (Å²) in [5, 5.41) is 4.29. The van der Waals surface area contributed by atoms with E-state index < -0.39 is 9.84 Å². The van der Waals surface area contributed by atoms with E-state index in [2.05, 4.69) is 15.1 Å². The third-order valence-electron chi connectivity index (χ3n) is 7.52. The van der Waals surface area contributed by atoms with Crippen molar-refractivity contribution >= 4 is 43.9 Å². The topological polar surface area (TPSA) is 69.7 Å². The van der Waals surface area contributed by atoms with E-state index >= 15 is 0 Å².